The highest BCUT2D eigenvalue weighted by atomic mass is 35.5. The van der Waals surface area contributed by atoms with Gasteiger partial charge in [0.25, 0.3) is 0 Å². The van der Waals surface area contributed by atoms with Gasteiger partial charge in [-0.15, -0.1) is 0 Å². The minimum absolute atomic E-state index is 0.154. The average Bonchev–Trinajstić information content (AvgIpc) is 2.70. The first kappa shape index (κ1) is 19.7. The van der Waals surface area contributed by atoms with E-state index in [2.05, 4.69) is 10.6 Å². The molecule has 0 radical (unpaired) electrons. The highest BCUT2D eigenvalue weighted by molar-refractivity contribution is 6.30. The van der Waals surface area contributed by atoms with Crippen molar-refractivity contribution in [1.82, 2.24) is 0 Å². The molecule has 3 aromatic rings. The number of amides is 1. The monoisotopic (exact) mass is 398 g/mol. The summed E-state index contributed by atoms with van der Waals surface area (Å²) in [7, 11) is 0. The van der Waals surface area contributed by atoms with Gasteiger partial charge in [-0.3, -0.25) is 4.79 Å². The van der Waals surface area contributed by atoms with Crippen LogP contribution in [0.3, 0.4) is 0 Å². The van der Waals surface area contributed by atoms with Crippen molar-refractivity contribution >= 4 is 28.9 Å². The number of carbonyl (C=O) groups is 1. The highest BCUT2D eigenvalue weighted by Crippen LogP contribution is 2.18. The third-order valence-electron chi connectivity index (χ3n) is 4.00. The first-order valence-corrected chi connectivity index (χ1v) is 9.23. The van der Waals surface area contributed by atoms with Crippen LogP contribution in [-0.2, 0) is 11.4 Å². The van der Waals surface area contributed by atoms with E-state index < -0.39 is 0 Å². The number of carbonyl (C=O) groups excluding carboxylic acids is 1. The molecule has 0 aliphatic rings. The van der Waals surface area contributed by atoms with Crippen molar-refractivity contribution in [2.24, 2.45) is 0 Å². The van der Waals surface area contributed by atoms with Crippen LogP contribution in [0.1, 0.15) is 12.0 Å². The van der Waals surface area contributed by atoms with Gasteiger partial charge in [-0.25, -0.2) is 4.39 Å². The largest absolute Gasteiger partial charge is 0.489 e. The third-order valence-corrected chi connectivity index (χ3v) is 4.25. The van der Waals surface area contributed by atoms with Crippen LogP contribution >= 0.6 is 11.6 Å². The van der Waals surface area contributed by atoms with Gasteiger partial charge in [0.15, 0.2) is 0 Å². The lowest BCUT2D eigenvalue weighted by Crippen LogP contribution is -2.16. The molecule has 0 aliphatic carbocycles. The minimum Gasteiger partial charge on any atom is -0.489 e. The Morgan fingerprint density at radius 2 is 1.68 bits per heavy atom. The second kappa shape index (κ2) is 9.76. The summed E-state index contributed by atoms with van der Waals surface area (Å²) in [6.07, 6.45) is 0.225. The molecule has 0 unspecified atom stereocenters. The zero-order chi connectivity index (χ0) is 19.8. The number of hydrogen-bond acceptors (Lipinski definition) is 3. The summed E-state index contributed by atoms with van der Waals surface area (Å²) in [5, 5.41) is 6.41. The number of benzene rings is 3. The summed E-state index contributed by atoms with van der Waals surface area (Å²) in [4.78, 5) is 12.0. The van der Waals surface area contributed by atoms with Gasteiger partial charge in [0.1, 0.15) is 18.2 Å². The lowest BCUT2D eigenvalue weighted by molar-refractivity contribution is -0.115. The van der Waals surface area contributed by atoms with Crippen LogP contribution < -0.4 is 15.4 Å². The highest BCUT2D eigenvalue weighted by Gasteiger charge is 2.05. The molecule has 0 atom stereocenters. The maximum Gasteiger partial charge on any atom is 0.226 e. The minimum atomic E-state index is -0.336. The zero-order valence-corrected chi connectivity index (χ0v) is 15.9. The second-order valence-electron chi connectivity index (χ2n) is 6.14. The van der Waals surface area contributed by atoms with Crippen molar-refractivity contribution < 1.29 is 13.9 Å². The summed E-state index contributed by atoms with van der Waals surface area (Å²) in [5.74, 6) is 0.213. The van der Waals surface area contributed by atoms with Crippen molar-refractivity contribution in [2.75, 3.05) is 17.2 Å². The Bertz CT molecular complexity index is 915. The van der Waals surface area contributed by atoms with E-state index in [1.165, 1.54) is 6.07 Å². The van der Waals surface area contributed by atoms with E-state index in [-0.39, 0.29) is 18.1 Å². The summed E-state index contributed by atoms with van der Waals surface area (Å²) in [5.41, 5.74) is 2.08. The molecular weight excluding hydrogens is 379 g/mol. The molecule has 0 fully saturated rings. The van der Waals surface area contributed by atoms with E-state index in [0.29, 0.717) is 35.3 Å². The van der Waals surface area contributed by atoms with Gasteiger partial charge in [-0.2, -0.15) is 0 Å². The predicted octanol–water partition coefficient (Wildman–Crippen LogP) is 5.50. The zero-order valence-electron chi connectivity index (χ0n) is 15.1. The summed E-state index contributed by atoms with van der Waals surface area (Å²) >= 11 is 5.86. The van der Waals surface area contributed by atoms with Gasteiger partial charge in [-0.1, -0.05) is 35.9 Å². The molecule has 0 saturated carbocycles. The Morgan fingerprint density at radius 3 is 2.39 bits per heavy atom. The second-order valence-corrected chi connectivity index (χ2v) is 6.58. The molecule has 0 bridgehead atoms. The van der Waals surface area contributed by atoms with Crippen molar-refractivity contribution in [2.45, 2.75) is 13.0 Å². The Kier molecular flexibility index (Phi) is 6.87. The number of anilines is 2. The molecule has 0 heterocycles. The predicted molar refractivity (Wildman–Crippen MR) is 110 cm³/mol. The maximum atomic E-state index is 13.5. The molecule has 144 valence electrons. The molecule has 6 heteroatoms. The smallest absolute Gasteiger partial charge is 0.226 e. The third kappa shape index (κ3) is 5.99. The molecule has 28 heavy (non-hydrogen) atoms. The Labute approximate surface area is 168 Å². The number of hydrogen-bond donors (Lipinski definition) is 2. The van der Waals surface area contributed by atoms with Crippen molar-refractivity contribution in [3.8, 4) is 5.75 Å². The number of halogens is 2. The topological polar surface area (TPSA) is 50.4 Å². The molecule has 0 spiro atoms. The van der Waals surface area contributed by atoms with Crippen LogP contribution in [0.4, 0.5) is 15.8 Å². The van der Waals surface area contributed by atoms with Crippen LogP contribution in [-0.4, -0.2) is 12.5 Å². The Morgan fingerprint density at radius 1 is 0.964 bits per heavy atom. The summed E-state index contributed by atoms with van der Waals surface area (Å²) < 4.78 is 19.2. The molecule has 0 saturated heterocycles. The Balaban J connectivity index is 1.42. The molecule has 3 aromatic carbocycles. The molecule has 2 N–H and O–H groups in total. The normalized spacial score (nSPS) is 10.4. The van der Waals surface area contributed by atoms with Gasteiger partial charge in [-0.05, 0) is 54.1 Å². The number of nitrogens with one attached hydrogen (secondary N) is 2. The van der Waals surface area contributed by atoms with Crippen molar-refractivity contribution in [3.05, 3.63) is 89.2 Å². The average molecular weight is 399 g/mol. The summed E-state index contributed by atoms with van der Waals surface area (Å²) in [6, 6.07) is 21.0. The Hall–Kier alpha value is -3.05. The number of para-hydroxylation sites is 1. The molecular formula is C22H20ClFN2O2. The van der Waals surface area contributed by atoms with Crippen LogP contribution in [0.15, 0.2) is 72.8 Å². The van der Waals surface area contributed by atoms with Gasteiger partial charge in [0.05, 0.1) is 5.69 Å². The van der Waals surface area contributed by atoms with Crippen molar-refractivity contribution in [1.29, 1.82) is 0 Å². The molecule has 0 aromatic heterocycles. The van der Waals surface area contributed by atoms with Crippen molar-refractivity contribution in [3.63, 3.8) is 0 Å². The fourth-order valence-electron chi connectivity index (χ4n) is 2.52. The first-order valence-electron chi connectivity index (χ1n) is 8.86. The number of rotatable bonds is 8. The fourth-order valence-corrected chi connectivity index (χ4v) is 2.65. The molecule has 3 rings (SSSR count). The van der Waals surface area contributed by atoms with E-state index in [1.54, 1.807) is 42.5 Å². The quantitative estimate of drug-likeness (QED) is 0.526. The van der Waals surface area contributed by atoms with E-state index >= 15 is 0 Å². The van der Waals surface area contributed by atoms with E-state index in [1.807, 2.05) is 24.3 Å². The van der Waals surface area contributed by atoms with Crippen LogP contribution in [0.25, 0.3) is 0 Å². The SMILES string of the molecule is O=C(CCNc1ccccc1F)Nc1ccc(OCc2ccc(Cl)cc2)cc1. The maximum absolute atomic E-state index is 13.5. The van der Waals surface area contributed by atoms with E-state index in [0.717, 1.165) is 5.56 Å². The fraction of sp³-hybridized carbons (Fsp3) is 0.136. The first-order chi connectivity index (χ1) is 13.6. The molecule has 4 nitrogen and oxygen atoms in total. The van der Waals surface area contributed by atoms with Gasteiger partial charge < -0.3 is 15.4 Å². The standard InChI is InChI=1S/C22H20ClFN2O2/c23-17-7-5-16(6-8-17)15-28-19-11-9-18(10-12-19)26-22(27)13-14-25-21-4-2-1-3-20(21)24/h1-12,25H,13-15H2,(H,26,27). The molecule has 1 amide bonds. The van der Waals surface area contributed by atoms with E-state index in [9.17, 15) is 9.18 Å². The van der Waals surface area contributed by atoms with E-state index in [4.69, 9.17) is 16.3 Å². The summed E-state index contributed by atoms with van der Waals surface area (Å²) in [6.45, 7) is 0.777. The van der Waals surface area contributed by atoms with Gasteiger partial charge >= 0.3 is 0 Å². The molecule has 0 aliphatic heterocycles. The lowest BCUT2D eigenvalue weighted by atomic mass is 10.2. The lowest BCUT2D eigenvalue weighted by Gasteiger charge is -2.10. The van der Waals surface area contributed by atoms with Crippen LogP contribution in [0, 0.1) is 5.82 Å². The van der Waals surface area contributed by atoms with Gasteiger partial charge in [0.2, 0.25) is 5.91 Å². The number of ether oxygens (including phenoxy) is 1. The van der Waals surface area contributed by atoms with Gasteiger partial charge in [0, 0.05) is 23.7 Å². The van der Waals surface area contributed by atoms with Crippen LogP contribution in [0.2, 0.25) is 5.02 Å². The van der Waals surface area contributed by atoms with Crippen LogP contribution in [0.5, 0.6) is 5.75 Å².